The van der Waals surface area contributed by atoms with Crippen LogP contribution in [-0.4, -0.2) is 48.5 Å². The first-order valence-corrected chi connectivity index (χ1v) is 5.59. The van der Waals surface area contributed by atoms with Crippen LogP contribution >= 0.6 is 0 Å². The maximum atomic E-state index is 12.6. The molecule has 1 aliphatic heterocycles. The third kappa shape index (κ3) is 3.39. The molecule has 2 N–H and O–H groups in total. The maximum Gasteiger partial charge on any atom is 0.242 e. The van der Waals surface area contributed by atoms with E-state index in [1.165, 1.54) is 12.1 Å². The number of nitrogens with one attached hydrogen (secondary N) is 2. The zero-order valence-corrected chi connectivity index (χ0v) is 9.45. The monoisotopic (exact) mass is 238 g/mol. The van der Waals surface area contributed by atoms with E-state index in [2.05, 4.69) is 15.6 Å². The zero-order valence-electron chi connectivity index (χ0n) is 9.45. The van der Waals surface area contributed by atoms with Crippen LogP contribution in [0.3, 0.4) is 0 Å². The van der Waals surface area contributed by atoms with E-state index in [1.807, 2.05) is 0 Å². The summed E-state index contributed by atoms with van der Waals surface area (Å²) in [4.78, 5) is 17.4. The summed E-state index contributed by atoms with van der Waals surface area (Å²) in [5, 5.41) is 6.06. The quantitative estimate of drug-likeness (QED) is 0.782. The third-order valence-corrected chi connectivity index (χ3v) is 2.62. The number of aromatic nitrogens is 1. The lowest BCUT2D eigenvalue weighted by Gasteiger charge is -2.27. The highest BCUT2D eigenvalue weighted by atomic mass is 19.1. The molecule has 1 aliphatic rings. The molecule has 1 aromatic heterocycles. The van der Waals surface area contributed by atoms with Crippen LogP contribution in [0.15, 0.2) is 18.3 Å². The van der Waals surface area contributed by atoms with Crippen molar-refractivity contribution in [1.29, 1.82) is 0 Å². The van der Waals surface area contributed by atoms with Gasteiger partial charge >= 0.3 is 0 Å². The summed E-state index contributed by atoms with van der Waals surface area (Å²) in [5.41, 5.74) is 0. The number of rotatable bonds is 3. The summed E-state index contributed by atoms with van der Waals surface area (Å²) in [5.74, 6) is 0.163. The minimum Gasteiger partial charge on any atom is -0.361 e. The second kappa shape index (κ2) is 5.58. The average Bonchev–Trinajstić information content (AvgIpc) is 2.39. The lowest BCUT2D eigenvalue weighted by Crippen LogP contribution is -2.48. The van der Waals surface area contributed by atoms with Gasteiger partial charge in [0, 0.05) is 26.2 Å². The Morgan fingerprint density at radius 1 is 1.47 bits per heavy atom. The van der Waals surface area contributed by atoms with Crippen LogP contribution in [0.4, 0.5) is 10.2 Å². The fourth-order valence-electron chi connectivity index (χ4n) is 1.67. The van der Waals surface area contributed by atoms with Crippen molar-refractivity contribution in [3.8, 4) is 0 Å². The second-order valence-electron chi connectivity index (χ2n) is 3.85. The Kier molecular flexibility index (Phi) is 3.87. The van der Waals surface area contributed by atoms with E-state index < -0.39 is 0 Å². The molecule has 2 rings (SSSR count). The molecule has 17 heavy (non-hydrogen) atoms. The first-order valence-electron chi connectivity index (χ1n) is 5.59. The SMILES string of the molecule is O=C(CNc1ccc(F)cn1)N1CCNCC1. The number of amides is 1. The second-order valence-corrected chi connectivity index (χ2v) is 3.85. The predicted molar refractivity (Wildman–Crippen MR) is 62.1 cm³/mol. The Bertz CT molecular complexity index is 376. The summed E-state index contributed by atoms with van der Waals surface area (Å²) in [6.07, 6.45) is 1.12. The van der Waals surface area contributed by atoms with Gasteiger partial charge in [-0.05, 0) is 12.1 Å². The molecule has 1 aromatic rings. The van der Waals surface area contributed by atoms with Gasteiger partial charge in [-0.2, -0.15) is 0 Å². The topological polar surface area (TPSA) is 57.3 Å². The molecule has 6 heteroatoms. The Hall–Kier alpha value is -1.69. The number of carbonyl (C=O) groups excluding carboxylic acids is 1. The number of nitrogens with zero attached hydrogens (tertiary/aromatic N) is 2. The molecule has 0 spiro atoms. The molecule has 0 saturated carbocycles. The van der Waals surface area contributed by atoms with Crippen LogP contribution in [-0.2, 0) is 4.79 Å². The lowest BCUT2D eigenvalue weighted by atomic mass is 10.3. The van der Waals surface area contributed by atoms with Crippen LogP contribution in [0.5, 0.6) is 0 Å². The summed E-state index contributed by atoms with van der Waals surface area (Å²) in [6.45, 7) is 3.33. The fourth-order valence-corrected chi connectivity index (χ4v) is 1.67. The van der Waals surface area contributed by atoms with Crippen molar-refractivity contribution in [2.45, 2.75) is 0 Å². The zero-order chi connectivity index (χ0) is 12.1. The normalized spacial score (nSPS) is 15.7. The van der Waals surface area contributed by atoms with Crippen molar-refractivity contribution in [1.82, 2.24) is 15.2 Å². The summed E-state index contributed by atoms with van der Waals surface area (Å²) in [6, 6.07) is 2.82. The van der Waals surface area contributed by atoms with Gasteiger partial charge in [-0.1, -0.05) is 0 Å². The molecule has 0 atom stereocenters. The number of carbonyl (C=O) groups is 1. The number of piperazine rings is 1. The van der Waals surface area contributed by atoms with E-state index in [0.717, 1.165) is 32.4 Å². The first kappa shape index (κ1) is 11.8. The molecule has 5 nitrogen and oxygen atoms in total. The smallest absolute Gasteiger partial charge is 0.242 e. The van der Waals surface area contributed by atoms with E-state index in [0.29, 0.717) is 5.82 Å². The molecule has 0 aliphatic carbocycles. The number of halogens is 1. The van der Waals surface area contributed by atoms with Gasteiger partial charge in [0.2, 0.25) is 5.91 Å². The number of hydrogen-bond donors (Lipinski definition) is 2. The molecule has 1 saturated heterocycles. The van der Waals surface area contributed by atoms with Gasteiger partial charge in [0.25, 0.3) is 0 Å². The largest absolute Gasteiger partial charge is 0.361 e. The third-order valence-electron chi connectivity index (χ3n) is 2.62. The van der Waals surface area contributed by atoms with E-state index in [4.69, 9.17) is 0 Å². The van der Waals surface area contributed by atoms with Crippen molar-refractivity contribution in [2.24, 2.45) is 0 Å². The minimum atomic E-state index is -0.385. The molecule has 0 aromatic carbocycles. The Balaban J connectivity index is 1.81. The van der Waals surface area contributed by atoms with Gasteiger partial charge in [-0.25, -0.2) is 9.37 Å². The van der Waals surface area contributed by atoms with E-state index in [1.54, 1.807) is 4.90 Å². The highest BCUT2D eigenvalue weighted by Gasteiger charge is 2.15. The molecule has 0 radical (unpaired) electrons. The molecule has 92 valence electrons. The standard InChI is InChI=1S/C11H15FN4O/c12-9-1-2-10(14-7-9)15-8-11(17)16-5-3-13-4-6-16/h1-2,7,13H,3-6,8H2,(H,14,15). The number of hydrogen-bond acceptors (Lipinski definition) is 4. The van der Waals surface area contributed by atoms with Crippen molar-refractivity contribution < 1.29 is 9.18 Å². The van der Waals surface area contributed by atoms with Gasteiger partial charge in [0.1, 0.15) is 11.6 Å². The number of anilines is 1. The lowest BCUT2D eigenvalue weighted by molar-refractivity contribution is -0.129. The fraction of sp³-hybridized carbons (Fsp3) is 0.455. The van der Waals surface area contributed by atoms with Crippen molar-refractivity contribution in [3.63, 3.8) is 0 Å². The summed E-state index contributed by atoms with van der Waals surface area (Å²) in [7, 11) is 0. The summed E-state index contributed by atoms with van der Waals surface area (Å²) >= 11 is 0. The van der Waals surface area contributed by atoms with Gasteiger partial charge in [-0.3, -0.25) is 4.79 Å². The number of pyridine rings is 1. The maximum absolute atomic E-state index is 12.6. The van der Waals surface area contributed by atoms with Gasteiger partial charge in [0.15, 0.2) is 0 Å². The van der Waals surface area contributed by atoms with Crippen molar-refractivity contribution in [2.75, 3.05) is 38.0 Å². The van der Waals surface area contributed by atoms with E-state index in [-0.39, 0.29) is 18.3 Å². The summed E-state index contributed by atoms with van der Waals surface area (Å²) < 4.78 is 12.6. The molecular formula is C11H15FN4O. The van der Waals surface area contributed by atoms with Crippen molar-refractivity contribution in [3.05, 3.63) is 24.1 Å². The molecule has 1 amide bonds. The predicted octanol–water partition coefficient (Wildman–Crippen LogP) is 0.0644. The van der Waals surface area contributed by atoms with Gasteiger partial charge in [0.05, 0.1) is 12.7 Å². The van der Waals surface area contributed by atoms with E-state index in [9.17, 15) is 9.18 Å². The van der Waals surface area contributed by atoms with Crippen LogP contribution in [0.25, 0.3) is 0 Å². The molecular weight excluding hydrogens is 223 g/mol. The van der Waals surface area contributed by atoms with E-state index >= 15 is 0 Å². The van der Waals surface area contributed by atoms with Crippen LogP contribution in [0.1, 0.15) is 0 Å². The highest BCUT2D eigenvalue weighted by molar-refractivity contribution is 5.80. The first-order chi connectivity index (χ1) is 8.25. The van der Waals surface area contributed by atoms with Crippen LogP contribution in [0, 0.1) is 5.82 Å². The molecule has 0 bridgehead atoms. The van der Waals surface area contributed by atoms with Gasteiger partial charge in [-0.15, -0.1) is 0 Å². The Morgan fingerprint density at radius 2 is 2.24 bits per heavy atom. The Labute approximate surface area is 99.0 Å². The molecule has 2 heterocycles. The molecule has 0 unspecified atom stereocenters. The minimum absolute atomic E-state index is 0.0395. The Morgan fingerprint density at radius 3 is 2.88 bits per heavy atom. The van der Waals surface area contributed by atoms with Gasteiger partial charge < -0.3 is 15.5 Å². The highest BCUT2D eigenvalue weighted by Crippen LogP contribution is 2.03. The molecule has 1 fully saturated rings. The van der Waals surface area contributed by atoms with Crippen molar-refractivity contribution >= 4 is 11.7 Å². The average molecular weight is 238 g/mol. The van der Waals surface area contributed by atoms with Crippen LogP contribution in [0.2, 0.25) is 0 Å². The van der Waals surface area contributed by atoms with Crippen LogP contribution < -0.4 is 10.6 Å².